The fourth-order valence-corrected chi connectivity index (χ4v) is 6.15. The van der Waals surface area contributed by atoms with Crippen LogP contribution in [0, 0.1) is 0 Å². The third kappa shape index (κ3) is 2.73. The molecule has 3 unspecified atom stereocenters. The molecular weight excluding hydrogens is 272 g/mol. The Morgan fingerprint density at radius 2 is 2.05 bits per heavy atom. The molecule has 0 amide bonds. The minimum atomic E-state index is 0.247. The maximum Gasteiger partial charge on any atom is 0.147 e. The van der Waals surface area contributed by atoms with Gasteiger partial charge < -0.3 is 0 Å². The molecular formula is C16H20OS2. The summed E-state index contributed by atoms with van der Waals surface area (Å²) >= 11 is 3.89. The summed E-state index contributed by atoms with van der Waals surface area (Å²) in [5, 5.41) is 0.790. The maximum absolute atomic E-state index is 12.5. The molecule has 0 bridgehead atoms. The summed E-state index contributed by atoms with van der Waals surface area (Å²) in [6.07, 6.45) is 2.98. The van der Waals surface area contributed by atoms with Gasteiger partial charge in [0.2, 0.25) is 0 Å². The van der Waals surface area contributed by atoms with Crippen LogP contribution in [0.15, 0.2) is 24.3 Å². The summed E-state index contributed by atoms with van der Waals surface area (Å²) in [6.45, 7) is 2.21. The van der Waals surface area contributed by atoms with Crippen molar-refractivity contribution in [3.8, 4) is 0 Å². The molecule has 2 aliphatic rings. The second kappa shape index (κ2) is 5.92. The highest BCUT2D eigenvalue weighted by Crippen LogP contribution is 2.40. The zero-order valence-electron chi connectivity index (χ0n) is 11.3. The van der Waals surface area contributed by atoms with Crippen molar-refractivity contribution in [3.63, 3.8) is 0 Å². The lowest BCUT2D eigenvalue weighted by molar-refractivity contribution is -0.119. The summed E-state index contributed by atoms with van der Waals surface area (Å²) in [7, 11) is 0. The molecule has 1 aliphatic carbocycles. The van der Waals surface area contributed by atoms with E-state index in [0.717, 1.165) is 25.0 Å². The number of benzene rings is 1. The lowest BCUT2D eigenvalue weighted by atomic mass is 9.75. The first-order chi connectivity index (χ1) is 9.29. The molecule has 3 heteroatoms. The van der Waals surface area contributed by atoms with Gasteiger partial charge in [-0.15, -0.1) is 11.8 Å². The Bertz CT molecular complexity index is 472. The maximum atomic E-state index is 12.5. The molecule has 3 rings (SSSR count). The second-order valence-corrected chi connectivity index (χ2v) is 7.98. The Kier molecular flexibility index (Phi) is 4.23. The van der Waals surface area contributed by atoms with E-state index in [1.807, 2.05) is 23.5 Å². The molecule has 1 aromatic carbocycles. The van der Waals surface area contributed by atoms with Crippen LogP contribution >= 0.6 is 23.5 Å². The average Bonchev–Trinajstić information content (AvgIpc) is 2.44. The van der Waals surface area contributed by atoms with Crippen molar-refractivity contribution >= 4 is 29.3 Å². The Hall–Kier alpha value is -0.410. The van der Waals surface area contributed by atoms with Crippen LogP contribution in [0.3, 0.4) is 0 Å². The van der Waals surface area contributed by atoms with Crippen LogP contribution in [-0.2, 0) is 11.2 Å². The molecule has 0 aromatic heterocycles. The van der Waals surface area contributed by atoms with Crippen LogP contribution in [0.2, 0.25) is 0 Å². The fraction of sp³-hybridized carbons (Fsp3) is 0.562. The molecule has 102 valence electrons. The van der Waals surface area contributed by atoms with Gasteiger partial charge in [-0.2, -0.15) is 11.8 Å². The van der Waals surface area contributed by atoms with E-state index in [1.54, 1.807) is 0 Å². The zero-order chi connectivity index (χ0) is 13.2. The molecule has 1 aliphatic heterocycles. The van der Waals surface area contributed by atoms with E-state index in [9.17, 15) is 4.79 Å². The zero-order valence-corrected chi connectivity index (χ0v) is 12.9. The first-order valence-electron chi connectivity index (χ1n) is 7.13. The minimum Gasteiger partial charge on any atom is -0.298 e. The lowest BCUT2D eigenvalue weighted by Crippen LogP contribution is -2.34. The molecule has 1 saturated heterocycles. The van der Waals surface area contributed by atoms with Crippen molar-refractivity contribution in [2.75, 3.05) is 11.5 Å². The van der Waals surface area contributed by atoms with Crippen molar-refractivity contribution in [3.05, 3.63) is 35.4 Å². The van der Waals surface area contributed by atoms with Crippen molar-refractivity contribution in [1.29, 1.82) is 0 Å². The van der Waals surface area contributed by atoms with E-state index in [-0.39, 0.29) is 5.25 Å². The molecule has 1 nitrogen and oxygen atoms in total. The van der Waals surface area contributed by atoms with Gasteiger partial charge in [0.1, 0.15) is 5.78 Å². The smallest absolute Gasteiger partial charge is 0.147 e. The van der Waals surface area contributed by atoms with Crippen LogP contribution in [0.4, 0.5) is 0 Å². The van der Waals surface area contributed by atoms with E-state index >= 15 is 0 Å². The topological polar surface area (TPSA) is 17.1 Å². The van der Waals surface area contributed by atoms with Crippen molar-refractivity contribution in [2.24, 2.45) is 0 Å². The summed E-state index contributed by atoms with van der Waals surface area (Å²) in [6, 6.07) is 8.57. The van der Waals surface area contributed by atoms with Gasteiger partial charge in [0, 0.05) is 23.2 Å². The number of rotatable bonds is 4. The van der Waals surface area contributed by atoms with Gasteiger partial charge in [0.15, 0.2) is 0 Å². The highest BCUT2D eigenvalue weighted by atomic mass is 32.2. The van der Waals surface area contributed by atoms with Crippen LogP contribution in [0.25, 0.3) is 0 Å². The average molecular weight is 292 g/mol. The summed E-state index contributed by atoms with van der Waals surface area (Å²) in [5.74, 6) is 3.33. The number of Topliss-reactive ketones (excluding diaryl/α,β-unsaturated/α-hetero) is 1. The summed E-state index contributed by atoms with van der Waals surface area (Å²) in [4.78, 5) is 12.5. The van der Waals surface area contributed by atoms with E-state index in [4.69, 9.17) is 0 Å². The molecule has 0 saturated carbocycles. The van der Waals surface area contributed by atoms with Gasteiger partial charge in [0.25, 0.3) is 0 Å². The van der Waals surface area contributed by atoms with Crippen molar-refractivity contribution < 1.29 is 4.79 Å². The minimum absolute atomic E-state index is 0.247. The van der Waals surface area contributed by atoms with Gasteiger partial charge in [-0.3, -0.25) is 4.79 Å². The predicted octanol–water partition coefficient (Wildman–Crippen LogP) is 3.91. The number of carbonyl (C=O) groups excluding carboxylic acids is 1. The van der Waals surface area contributed by atoms with E-state index in [1.165, 1.54) is 16.9 Å². The monoisotopic (exact) mass is 292 g/mol. The van der Waals surface area contributed by atoms with Crippen LogP contribution in [0.1, 0.15) is 36.8 Å². The lowest BCUT2D eigenvalue weighted by Gasteiger charge is -2.33. The number of fused-ring (bicyclic) bond motifs is 1. The molecule has 0 N–H and O–H groups in total. The summed E-state index contributed by atoms with van der Waals surface area (Å²) in [5.41, 5.74) is 2.86. The molecule has 19 heavy (non-hydrogen) atoms. The van der Waals surface area contributed by atoms with Gasteiger partial charge in [-0.05, 0) is 29.9 Å². The van der Waals surface area contributed by atoms with E-state index in [2.05, 4.69) is 31.2 Å². The van der Waals surface area contributed by atoms with Gasteiger partial charge in [-0.25, -0.2) is 0 Å². The van der Waals surface area contributed by atoms with Crippen LogP contribution in [-0.4, -0.2) is 27.8 Å². The first kappa shape index (κ1) is 13.6. The standard InChI is InChI=1S/C16H20OS2/c1-2-15-16(19-8-7-18-15)14(17)10-12-9-11-5-3-4-6-13(11)12/h3-6,12,15-16H,2,7-10H2,1H3. The molecule has 1 aromatic rings. The second-order valence-electron chi connectivity index (χ2n) is 5.38. The predicted molar refractivity (Wildman–Crippen MR) is 85.3 cm³/mol. The quantitative estimate of drug-likeness (QED) is 0.837. The van der Waals surface area contributed by atoms with Crippen molar-refractivity contribution in [2.45, 2.75) is 42.6 Å². The van der Waals surface area contributed by atoms with Gasteiger partial charge in [-0.1, -0.05) is 31.2 Å². The Morgan fingerprint density at radius 3 is 2.84 bits per heavy atom. The Balaban J connectivity index is 1.63. The Morgan fingerprint density at radius 1 is 1.26 bits per heavy atom. The SMILES string of the molecule is CCC1SCCSC1C(=O)CC1Cc2ccccc21. The molecule has 0 spiro atoms. The first-order valence-corrected chi connectivity index (χ1v) is 9.23. The Labute approximate surface area is 123 Å². The number of thioether (sulfide) groups is 2. The van der Waals surface area contributed by atoms with Crippen molar-refractivity contribution in [1.82, 2.24) is 0 Å². The highest BCUT2D eigenvalue weighted by molar-refractivity contribution is 8.07. The van der Waals surface area contributed by atoms with E-state index < -0.39 is 0 Å². The largest absolute Gasteiger partial charge is 0.298 e. The number of hydrogen-bond donors (Lipinski definition) is 0. The molecule has 0 radical (unpaired) electrons. The molecule has 3 atom stereocenters. The third-order valence-corrected chi connectivity index (χ3v) is 7.47. The molecule has 1 heterocycles. The number of ketones is 1. The van der Waals surface area contributed by atoms with E-state index in [0.29, 0.717) is 17.0 Å². The van der Waals surface area contributed by atoms with Crippen LogP contribution < -0.4 is 0 Å². The van der Waals surface area contributed by atoms with Gasteiger partial charge in [0.05, 0.1) is 5.25 Å². The van der Waals surface area contributed by atoms with Gasteiger partial charge >= 0.3 is 0 Å². The number of hydrogen-bond acceptors (Lipinski definition) is 3. The highest BCUT2D eigenvalue weighted by Gasteiger charge is 2.34. The summed E-state index contributed by atoms with van der Waals surface area (Å²) < 4.78 is 0. The number of carbonyl (C=O) groups is 1. The fourth-order valence-electron chi connectivity index (χ4n) is 3.11. The third-order valence-electron chi connectivity index (χ3n) is 4.18. The van der Waals surface area contributed by atoms with Crippen LogP contribution in [0.5, 0.6) is 0 Å². The molecule has 1 fully saturated rings. The normalized spacial score (nSPS) is 29.4.